The fraction of sp³-hybridized carbons (Fsp3) is 0. The summed E-state index contributed by atoms with van der Waals surface area (Å²) in [4.78, 5) is 25.4. The van der Waals surface area contributed by atoms with Crippen LogP contribution in [0.5, 0.6) is 0 Å². The fourth-order valence-corrected chi connectivity index (χ4v) is 4.26. The van der Waals surface area contributed by atoms with Crippen molar-refractivity contribution >= 4 is 27.7 Å². The molecule has 2 N–H and O–H groups in total. The minimum absolute atomic E-state index is 0.296. The lowest BCUT2D eigenvalue weighted by atomic mass is 10.0. The van der Waals surface area contributed by atoms with Crippen LogP contribution in [0, 0.1) is 5.82 Å². The first-order chi connectivity index (χ1) is 17.1. The van der Waals surface area contributed by atoms with Crippen molar-refractivity contribution in [3.8, 4) is 28.3 Å². The Kier molecular flexibility index (Phi) is 4.81. The highest BCUT2D eigenvalue weighted by Crippen LogP contribution is 2.31. The van der Waals surface area contributed by atoms with E-state index < -0.39 is 5.91 Å². The summed E-state index contributed by atoms with van der Waals surface area (Å²) in [6.45, 7) is 0. The van der Waals surface area contributed by atoms with E-state index in [4.69, 9.17) is 10.7 Å². The van der Waals surface area contributed by atoms with Gasteiger partial charge in [-0.15, -0.1) is 0 Å². The molecule has 0 aliphatic rings. The van der Waals surface area contributed by atoms with E-state index in [1.807, 2.05) is 47.2 Å². The van der Waals surface area contributed by atoms with Crippen molar-refractivity contribution in [1.82, 2.24) is 19.5 Å². The second-order valence-corrected chi connectivity index (χ2v) is 8.15. The molecule has 0 saturated heterocycles. The molecule has 0 aliphatic heterocycles. The number of fused-ring (bicyclic) bond motifs is 2. The van der Waals surface area contributed by atoms with Crippen LogP contribution < -0.4 is 5.73 Å². The fourth-order valence-electron chi connectivity index (χ4n) is 4.26. The summed E-state index contributed by atoms with van der Waals surface area (Å²) in [5, 5.41) is 1.73. The first-order valence-electron chi connectivity index (χ1n) is 11.0. The van der Waals surface area contributed by atoms with Gasteiger partial charge in [0.05, 0.1) is 16.6 Å². The standard InChI is InChI=1S/C28H18FN5O/c29-23-7-2-1-6-21(23)27-32-24-9-8-18(17-4-3-5-19(14-17)26(30)35)15-22(24)28(33-27)34-13-11-20-16-31-12-10-25(20)34/h1-16H,(H2,30,35). The number of nitrogens with two attached hydrogens (primary N) is 1. The summed E-state index contributed by atoms with van der Waals surface area (Å²) < 4.78 is 16.6. The maximum atomic E-state index is 14.7. The van der Waals surface area contributed by atoms with E-state index in [1.165, 1.54) is 6.07 Å². The molecule has 0 aliphatic carbocycles. The number of primary amides is 1. The van der Waals surface area contributed by atoms with Gasteiger partial charge in [-0.2, -0.15) is 0 Å². The third-order valence-corrected chi connectivity index (χ3v) is 5.99. The number of carbonyl (C=O) groups is 1. The van der Waals surface area contributed by atoms with E-state index in [1.54, 1.807) is 48.8 Å². The van der Waals surface area contributed by atoms with Crippen molar-refractivity contribution in [3.05, 3.63) is 109 Å². The average molecular weight is 459 g/mol. The maximum Gasteiger partial charge on any atom is 0.248 e. The Labute approximate surface area is 199 Å². The topological polar surface area (TPSA) is 86.7 Å². The van der Waals surface area contributed by atoms with Crippen LogP contribution in [-0.4, -0.2) is 25.4 Å². The second kappa shape index (κ2) is 8.14. The second-order valence-electron chi connectivity index (χ2n) is 8.15. The lowest BCUT2D eigenvalue weighted by Gasteiger charge is -2.13. The molecule has 3 aromatic heterocycles. The number of rotatable bonds is 4. The Hall–Kier alpha value is -4.91. The Morgan fingerprint density at radius 2 is 1.74 bits per heavy atom. The van der Waals surface area contributed by atoms with Gasteiger partial charge in [0.25, 0.3) is 0 Å². The molecular weight excluding hydrogens is 441 g/mol. The van der Waals surface area contributed by atoms with Gasteiger partial charge in [-0.3, -0.25) is 9.78 Å². The van der Waals surface area contributed by atoms with Crippen LogP contribution in [-0.2, 0) is 0 Å². The van der Waals surface area contributed by atoms with Crippen LogP contribution in [0.15, 0.2) is 97.5 Å². The maximum absolute atomic E-state index is 14.7. The molecule has 0 spiro atoms. The summed E-state index contributed by atoms with van der Waals surface area (Å²) >= 11 is 0. The third-order valence-electron chi connectivity index (χ3n) is 5.99. The molecule has 0 atom stereocenters. The van der Waals surface area contributed by atoms with Crippen LogP contribution >= 0.6 is 0 Å². The van der Waals surface area contributed by atoms with Gasteiger partial charge < -0.3 is 10.3 Å². The van der Waals surface area contributed by atoms with Crippen LogP contribution in [0.25, 0.3) is 50.1 Å². The molecule has 0 unspecified atom stereocenters. The Morgan fingerprint density at radius 3 is 2.60 bits per heavy atom. The minimum Gasteiger partial charge on any atom is -0.366 e. The summed E-state index contributed by atoms with van der Waals surface area (Å²) in [5.74, 6) is 0.0326. The first kappa shape index (κ1) is 20.7. The lowest BCUT2D eigenvalue weighted by molar-refractivity contribution is 0.100. The zero-order valence-corrected chi connectivity index (χ0v) is 18.4. The van der Waals surface area contributed by atoms with Crippen molar-refractivity contribution in [1.29, 1.82) is 0 Å². The van der Waals surface area contributed by atoms with Gasteiger partial charge in [0.15, 0.2) is 5.82 Å². The lowest BCUT2D eigenvalue weighted by Crippen LogP contribution is -2.10. The van der Waals surface area contributed by atoms with Crippen LogP contribution in [0.2, 0.25) is 0 Å². The van der Waals surface area contributed by atoms with Gasteiger partial charge in [0.2, 0.25) is 5.91 Å². The van der Waals surface area contributed by atoms with Gasteiger partial charge in [0.1, 0.15) is 11.6 Å². The molecule has 7 heteroatoms. The quantitative estimate of drug-likeness (QED) is 0.375. The Morgan fingerprint density at radius 1 is 0.886 bits per heavy atom. The largest absolute Gasteiger partial charge is 0.366 e. The van der Waals surface area contributed by atoms with Crippen LogP contribution in [0.3, 0.4) is 0 Å². The third kappa shape index (κ3) is 3.59. The Bertz CT molecular complexity index is 1760. The number of carbonyl (C=O) groups excluding carboxylic acids is 1. The number of nitrogens with zero attached hydrogens (tertiary/aromatic N) is 4. The number of hydrogen-bond acceptors (Lipinski definition) is 4. The van der Waals surface area contributed by atoms with Crippen LogP contribution in [0.4, 0.5) is 4.39 Å². The predicted molar refractivity (Wildman–Crippen MR) is 134 cm³/mol. The molecule has 168 valence electrons. The number of aromatic nitrogens is 4. The molecule has 0 saturated carbocycles. The SMILES string of the molecule is NC(=O)c1cccc(-c2ccc3nc(-c4ccccc4F)nc(-n4ccc5cnccc54)c3c2)c1. The molecule has 35 heavy (non-hydrogen) atoms. The minimum atomic E-state index is -0.487. The first-order valence-corrected chi connectivity index (χ1v) is 11.0. The number of pyridine rings is 1. The van der Waals surface area contributed by atoms with Gasteiger partial charge in [-0.25, -0.2) is 14.4 Å². The molecule has 3 heterocycles. The summed E-state index contributed by atoms with van der Waals surface area (Å²) in [6, 6.07) is 23.3. The smallest absolute Gasteiger partial charge is 0.248 e. The summed E-state index contributed by atoms with van der Waals surface area (Å²) in [6.07, 6.45) is 5.42. The molecule has 1 amide bonds. The van der Waals surface area contributed by atoms with Gasteiger partial charge in [-0.1, -0.05) is 30.3 Å². The van der Waals surface area contributed by atoms with E-state index in [-0.39, 0.29) is 5.82 Å². The number of benzene rings is 3. The van der Waals surface area contributed by atoms with Crippen LogP contribution in [0.1, 0.15) is 10.4 Å². The highest BCUT2D eigenvalue weighted by Gasteiger charge is 2.16. The molecule has 0 radical (unpaired) electrons. The number of amides is 1. The normalized spacial score (nSPS) is 11.2. The molecule has 3 aromatic carbocycles. The molecule has 6 nitrogen and oxygen atoms in total. The molecule has 0 bridgehead atoms. The monoisotopic (exact) mass is 459 g/mol. The molecular formula is C28H18FN5O. The summed E-state index contributed by atoms with van der Waals surface area (Å²) in [5.41, 5.74) is 9.53. The molecule has 6 rings (SSSR count). The van der Waals surface area contributed by atoms with Crippen molar-refractivity contribution < 1.29 is 9.18 Å². The average Bonchev–Trinajstić information content (AvgIpc) is 3.32. The van der Waals surface area contributed by atoms with E-state index >= 15 is 0 Å². The van der Waals surface area contributed by atoms with E-state index in [0.29, 0.717) is 28.3 Å². The zero-order chi connectivity index (χ0) is 23.9. The highest BCUT2D eigenvalue weighted by molar-refractivity contribution is 5.96. The van der Waals surface area contributed by atoms with Gasteiger partial charge in [-0.05, 0) is 59.7 Å². The number of halogens is 1. The molecule has 6 aromatic rings. The van der Waals surface area contributed by atoms with Crippen molar-refractivity contribution in [2.75, 3.05) is 0 Å². The van der Waals surface area contributed by atoms with E-state index in [2.05, 4.69) is 9.97 Å². The van der Waals surface area contributed by atoms with Crippen molar-refractivity contribution in [3.63, 3.8) is 0 Å². The highest BCUT2D eigenvalue weighted by atomic mass is 19.1. The Balaban J connectivity index is 1.63. The van der Waals surface area contributed by atoms with E-state index in [0.717, 1.165) is 27.4 Å². The molecule has 0 fully saturated rings. The van der Waals surface area contributed by atoms with Gasteiger partial charge in [0, 0.05) is 34.9 Å². The van der Waals surface area contributed by atoms with E-state index in [9.17, 15) is 9.18 Å². The predicted octanol–water partition coefficient (Wildman–Crippen LogP) is 5.54. The van der Waals surface area contributed by atoms with Gasteiger partial charge >= 0.3 is 0 Å². The van der Waals surface area contributed by atoms with Crippen molar-refractivity contribution in [2.45, 2.75) is 0 Å². The summed E-state index contributed by atoms with van der Waals surface area (Å²) in [7, 11) is 0. The van der Waals surface area contributed by atoms with Crippen molar-refractivity contribution in [2.24, 2.45) is 5.73 Å². The number of hydrogen-bond donors (Lipinski definition) is 1. The zero-order valence-electron chi connectivity index (χ0n) is 18.4.